The van der Waals surface area contributed by atoms with Crippen LogP contribution in [0, 0.1) is 0 Å². The van der Waals surface area contributed by atoms with Crippen LogP contribution in [0.1, 0.15) is 29.4 Å². The molecular formula is C17H18ClN3O. The molecule has 114 valence electrons. The molecule has 2 aromatic heterocycles. The Morgan fingerprint density at radius 3 is 2.82 bits per heavy atom. The first-order chi connectivity index (χ1) is 10.3. The number of pyridine rings is 1. The zero-order chi connectivity index (χ0) is 14.7. The first-order valence-electron chi connectivity index (χ1n) is 7.10. The first kappa shape index (κ1) is 16.0. The van der Waals surface area contributed by atoms with Gasteiger partial charge in [0.15, 0.2) is 0 Å². The molecule has 3 rings (SSSR count). The van der Waals surface area contributed by atoms with E-state index < -0.39 is 0 Å². The Kier molecular flexibility index (Phi) is 5.17. The number of anilines is 1. The number of hydrogen-bond donors (Lipinski definition) is 2. The fourth-order valence-electron chi connectivity index (χ4n) is 2.38. The maximum absolute atomic E-state index is 12.3. The number of nitrogens with one attached hydrogen (secondary N) is 2. The smallest absolute Gasteiger partial charge is 0.274 e. The molecule has 0 fully saturated rings. The monoisotopic (exact) mass is 315 g/mol. The number of carbonyl (C=O) groups excluding carboxylic acids is 1. The van der Waals surface area contributed by atoms with Crippen LogP contribution >= 0.6 is 12.4 Å². The average Bonchev–Trinajstić information content (AvgIpc) is 2.98. The van der Waals surface area contributed by atoms with Gasteiger partial charge in [-0.3, -0.25) is 9.78 Å². The molecule has 1 amide bonds. The largest absolute Gasteiger partial charge is 0.361 e. The minimum Gasteiger partial charge on any atom is -0.361 e. The highest BCUT2D eigenvalue weighted by atomic mass is 35.5. The normalized spacial score (nSPS) is 10.2. The van der Waals surface area contributed by atoms with Gasteiger partial charge in [0, 0.05) is 23.3 Å². The maximum Gasteiger partial charge on any atom is 0.274 e. The Morgan fingerprint density at radius 2 is 2.09 bits per heavy atom. The quantitative estimate of drug-likeness (QED) is 0.758. The SMILES string of the molecule is CCCc1ccc(C(=O)Nc2cccc3[nH]ccc23)nc1.Cl. The number of amides is 1. The summed E-state index contributed by atoms with van der Waals surface area (Å²) in [6.45, 7) is 2.12. The summed E-state index contributed by atoms with van der Waals surface area (Å²) in [6.07, 6.45) is 5.69. The van der Waals surface area contributed by atoms with Crippen molar-refractivity contribution >= 4 is 34.9 Å². The van der Waals surface area contributed by atoms with E-state index in [1.54, 1.807) is 12.3 Å². The van der Waals surface area contributed by atoms with Crippen LogP contribution in [0.3, 0.4) is 0 Å². The van der Waals surface area contributed by atoms with Crippen LogP contribution in [0.15, 0.2) is 48.8 Å². The molecule has 0 aliphatic carbocycles. The van der Waals surface area contributed by atoms with E-state index in [1.165, 1.54) is 0 Å². The number of halogens is 1. The molecule has 0 atom stereocenters. The molecule has 0 radical (unpaired) electrons. The lowest BCUT2D eigenvalue weighted by Crippen LogP contribution is -2.13. The van der Waals surface area contributed by atoms with Gasteiger partial charge in [-0.05, 0) is 36.2 Å². The lowest BCUT2D eigenvalue weighted by Gasteiger charge is -2.06. The Hall–Kier alpha value is -2.33. The fourth-order valence-corrected chi connectivity index (χ4v) is 2.38. The third kappa shape index (κ3) is 3.28. The van der Waals surface area contributed by atoms with Crippen molar-refractivity contribution in [3.05, 3.63) is 60.0 Å². The van der Waals surface area contributed by atoms with Crippen LogP contribution in [0.4, 0.5) is 5.69 Å². The Labute approximate surface area is 135 Å². The summed E-state index contributed by atoms with van der Waals surface area (Å²) >= 11 is 0. The van der Waals surface area contributed by atoms with Crippen LogP contribution in [-0.2, 0) is 6.42 Å². The number of nitrogens with zero attached hydrogens (tertiary/aromatic N) is 1. The summed E-state index contributed by atoms with van der Waals surface area (Å²) in [5.74, 6) is -0.188. The third-order valence-corrected chi connectivity index (χ3v) is 3.44. The van der Waals surface area contributed by atoms with Crippen molar-refractivity contribution in [2.24, 2.45) is 0 Å². The van der Waals surface area contributed by atoms with E-state index in [-0.39, 0.29) is 18.3 Å². The molecule has 2 N–H and O–H groups in total. The van der Waals surface area contributed by atoms with Gasteiger partial charge in [0.1, 0.15) is 5.69 Å². The molecule has 5 heteroatoms. The van der Waals surface area contributed by atoms with Gasteiger partial charge < -0.3 is 10.3 Å². The maximum atomic E-state index is 12.3. The lowest BCUT2D eigenvalue weighted by atomic mass is 10.1. The first-order valence-corrected chi connectivity index (χ1v) is 7.10. The third-order valence-electron chi connectivity index (χ3n) is 3.44. The molecule has 22 heavy (non-hydrogen) atoms. The predicted molar refractivity (Wildman–Crippen MR) is 91.7 cm³/mol. The second-order valence-electron chi connectivity index (χ2n) is 5.00. The van der Waals surface area contributed by atoms with E-state index in [2.05, 4.69) is 22.2 Å². The van der Waals surface area contributed by atoms with Gasteiger partial charge in [0.25, 0.3) is 5.91 Å². The number of aromatic amines is 1. The molecule has 0 saturated carbocycles. The topological polar surface area (TPSA) is 57.8 Å². The van der Waals surface area contributed by atoms with Crippen LogP contribution in [0.25, 0.3) is 10.9 Å². The van der Waals surface area contributed by atoms with Crippen molar-refractivity contribution in [3.8, 4) is 0 Å². The minimum atomic E-state index is -0.188. The van der Waals surface area contributed by atoms with Gasteiger partial charge in [0.05, 0.1) is 5.69 Å². The molecule has 0 bridgehead atoms. The van der Waals surface area contributed by atoms with Crippen molar-refractivity contribution < 1.29 is 4.79 Å². The van der Waals surface area contributed by atoms with Crippen molar-refractivity contribution in [3.63, 3.8) is 0 Å². The summed E-state index contributed by atoms with van der Waals surface area (Å²) in [5, 5.41) is 3.91. The van der Waals surface area contributed by atoms with Gasteiger partial charge in [0.2, 0.25) is 0 Å². The molecule has 2 heterocycles. The molecule has 1 aromatic carbocycles. The van der Waals surface area contributed by atoms with E-state index in [4.69, 9.17) is 0 Å². The van der Waals surface area contributed by atoms with E-state index >= 15 is 0 Å². The zero-order valence-electron chi connectivity index (χ0n) is 12.3. The lowest BCUT2D eigenvalue weighted by molar-refractivity contribution is 0.102. The molecule has 4 nitrogen and oxygen atoms in total. The number of fused-ring (bicyclic) bond motifs is 1. The Bertz CT molecular complexity index is 765. The Morgan fingerprint density at radius 1 is 1.23 bits per heavy atom. The van der Waals surface area contributed by atoms with E-state index in [1.807, 2.05) is 36.5 Å². The van der Waals surface area contributed by atoms with Gasteiger partial charge >= 0.3 is 0 Å². The molecule has 0 saturated heterocycles. The molecule has 0 spiro atoms. The van der Waals surface area contributed by atoms with Gasteiger partial charge in [-0.2, -0.15) is 0 Å². The second-order valence-corrected chi connectivity index (χ2v) is 5.00. The van der Waals surface area contributed by atoms with Crippen LogP contribution in [0.2, 0.25) is 0 Å². The Balaban J connectivity index is 0.00000176. The number of rotatable bonds is 4. The highest BCUT2D eigenvalue weighted by Crippen LogP contribution is 2.22. The highest BCUT2D eigenvalue weighted by Gasteiger charge is 2.09. The number of aryl methyl sites for hydroxylation is 1. The molecule has 3 aromatic rings. The minimum absolute atomic E-state index is 0. The molecule has 0 aliphatic heterocycles. The summed E-state index contributed by atoms with van der Waals surface area (Å²) in [6, 6.07) is 11.5. The van der Waals surface area contributed by atoms with E-state index in [9.17, 15) is 4.79 Å². The fraction of sp³-hybridized carbons (Fsp3) is 0.176. The van der Waals surface area contributed by atoms with Gasteiger partial charge in [-0.25, -0.2) is 0 Å². The number of carbonyl (C=O) groups is 1. The second kappa shape index (κ2) is 7.09. The van der Waals surface area contributed by atoms with Crippen molar-refractivity contribution in [1.29, 1.82) is 0 Å². The standard InChI is InChI=1S/C17H17N3O.ClH/c1-2-4-12-7-8-16(19-11-12)17(21)20-15-6-3-5-14-13(15)9-10-18-14;/h3,5-11,18H,2,4H2,1H3,(H,20,21);1H. The zero-order valence-corrected chi connectivity index (χ0v) is 13.1. The van der Waals surface area contributed by atoms with E-state index in [0.29, 0.717) is 5.69 Å². The number of H-pyrrole nitrogens is 1. The summed E-state index contributed by atoms with van der Waals surface area (Å²) < 4.78 is 0. The molecule has 0 unspecified atom stereocenters. The number of hydrogen-bond acceptors (Lipinski definition) is 2. The number of aromatic nitrogens is 2. The van der Waals surface area contributed by atoms with Crippen LogP contribution in [0.5, 0.6) is 0 Å². The summed E-state index contributed by atoms with van der Waals surface area (Å²) in [5.41, 5.74) is 3.38. The van der Waals surface area contributed by atoms with Crippen LogP contribution in [-0.4, -0.2) is 15.9 Å². The summed E-state index contributed by atoms with van der Waals surface area (Å²) in [4.78, 5) is 19.6. The van der Waals surface area contributed by atoms with Crippen molar-refractivity contribution in [2.45, 2.75) is 19.8 Å². The van der Waals surface area contributed by atoms with Crippen LogP contribution < -0.4 is 5.32 Å². The highest BCUT2D eigenvalue weighted by molar-refractivity contribution is 6.07. The van der Waals surface area contributed by atoms with E-state index in [0.717, 1.165) is 35.0 Å². The van der Waals surface area contributed by atoms with Gasteiger partial charge in [-0.1, -0.05) is 25.5 Å². The summed E-state index contributed by atoms with van der Waals surface area (Å²) in [7, 11) is 0. The van der Waals surface area contributed by atoms with Crippen molar-refractivity contribution in [2.75, 3.05) is 5.32 Å². The molecule has 0 aliphatic rings. The van der Waals surface area contributed by atoms with Crippen molar-refractivity contribution in [1.82, 2.24) is 9.97 Å². The number of benzene rings is 1. The van der Waals surface area contributed by atoms with Gasteiger partial charge in [-0.15, -0.1) is 12.4 Å². The molecular weight excluding hydrogens is 298 g/mol. The predicted octanol–water partition coefficient (Wildman–Crippen LogP) is 4.19. The average molecular weight is 316 g/mol.